The number of esters is 1. The minimum atomic E-state index is -0.561. The van der Waals surface area contributed by atoms with Crippen LogP contribution < -0.4 is 5.32 Å². The van der Waals surface area contributed by atoms with Crippen LogP contribution in [0.1, 0.15) is 47.5 Å². The van der Waals surface area contributed by atoms with E-state index in [0.717, 1.165) is 25.1 Å². The lowest BCUT2D eigenvalue weighted by molar-refractivity contribution is -0.148. The molecule has 0 bridgehead atoms. The molecule has 0 rings (SSSR count). The number of rotatable bonds is 9. The summed E-state index contributed by atoms with van der Waals surface area (Å²) in [6, 6.07) is 0. The molecule has 0 heterocycles. The number of carbonyl (C=O) groups excluding carboxylic acids is 1. The maximum absolute atomic E-state index is 11.9. The van der Waals surface area contributed by atoms with Gasteiger partial charge in [0.2, 0.25) is 0 Å². The molecule has 0 saturated heterocycles. The summed E-state index contributed by atoms with van der Waals surface area (Å²) in [7, 11) is 1.46. The van der Waals surface area contributed by atoms with Crippen LogP contribution in [0.15, 0.2) is 0 Å². The number of hydrogen-bond acceptors (Lipinski definition) is 4. The summed E-state index contributed by atoms with van der Waals surface area (Å²) in [6.07, 6.45) is 1.82. The van der Waals surface area contributed by atoms with E-state index in [4.69, 9.17) is 4.74 Å². The van der Waals surface area contributed by atoms with Crippen molar-refractivity contribution in [2.45, 2.75) is 58.2 Å². The zero-order chi connectivity index (χ0) is 14.2. The van der Waals surface area contributed by atoms with Crippen LogP contribution in [-0.4, -0.2) is 36.2 Å². The minimum Gasteiger partial charge on any atom is -0.468 e. The van der Waals surface area contributed by atoms with E-state index in [0.29, 0.717) is 11.2 Å². The number of methoxy groups -OCH3 is 1. The van der Waals surface area contributed by atoms with Gasteiger partial charge in [0.15, 0.2) is 0 Å². The van der Waals surface area contributed by atoms with Crippen LogP contribution in [0.2, 0.25) is 0 Å². The lowest BCUT2D eigenvalue weighted by Gasteiger charge is -2.30. The smallest absolute Gasteiger partial charge is 0.325 e. The molecule has 0 aliphatic rings. The van der Waals surface area contributed by atoms with Gasteiger partial charge in [-0.25, -0.2) is 0 Å². The Bertz CT molecular complexity index is 246. The van der Waals surface area contributed by atoms with E-state index in [-0.39, 0.29) is 5.97 Å². The second-order valence-electron chi connectivity index (χ2n) is 5.49. The summed E-state index contributed by atoms with van der Waals surface area (Å²) in [4.78, 5) is 11.9. The first-order valence-corrected chi connectivity index (χ1v) is 7.85. The van der Waals surface area contributed by atoms with E-state index in [1.54, 1.807) is 0 Å². The van der Waals surface area contributed by atoms with Gasteiger partial charge < -0.3 is 10.1 Å². The maximum atomic E-state index is 11.9. The molecule has 0 amide bonds. The van der Waals surface area contributed by atoms with Gasteiger partial charge in [0.1, 0.15) is 5.54 Å². The Hall–Kier alpha value is -0.220. The first-order valence-electron chi connectivity index (χ1n) is 6.80. The lowest BCUT2D eigenvalue weighted by atomic mass is 9.96. The normalized spacial score (nSPS) is 16.4. The molecule has 2 atom stereocenters. The average Bonchev–Trinajstić information content (AvgIpc) is 2.32. The Morgan fingerprint density at radius 3 is 2.44 bits per heavy atom. The van der Waals surface area contributed by atoms with Gasteiger partial charge in [0, 0.05) is 5.25 Å². The third-order valence-electron chi connectivity index (χ3n) is 2.81. The molecule has 0 aliphatic heterocycles. The molecule has 1 N–H and O–H groups in total. The minimum absolute atomic E-state index is 0.159. The van der Waals surface area contributed by atoms with Crippen molar-refractivity contribution in [1.82, 2.24) is 5.32 Å². The van der Waals surface area contributed by atoms with Crippen LogP contribution in [0.4, 0.5) is 0 Å². The highest BCUT2D eigenvalue weighted by molar-refractivity contribution is 7.99. The molecule has 0 aromatic heterocycles. The largest absolute Gasteiger partial charge is 0.468 e. The number of ether oxygens (including phenoxy) is 1. The SMILES string of the molecule is CCCNC(C)(CC(C)SCC(C)C)C(=O)OC. The summed E-state index contributed by atoms with van der Waals surface area (Å²) < 4.78 is 4.93. The van der Waals surface area contributed by atoms with Gasteiger partial charge in [-0.3, -0.25) is 4.79 Å². The zero-order valence-electron chi connectivity index (χ0n) is 12.7. The third kappa shape index (κ3) is 6.64. The van der Waals surface area contributed by atoms with Crippen LogP contribution in [0.25, 0.3) is 0 Å². The van der Waals surface area contributed by atoms with E-state index in [9.17, 15) is 4.79 Å². The van der Waals surface area contributed by atoms with Gasteiger partial charge in [-0.2, -0.15) is 11.8 Å². The van der Waals surface area contributed by atoms with E-state index < -0.39 is 5.54 Å². The van der Waals surface area contributed by atoms with Crippen LogP contribution in [0, 0.1) is 5.92 Å². The van der Waals surface area contributed by atoms with Crippen LogP contribution in [0.3, 0.4) is 0 Å². The molecule has 0 aromatic carbocycles. The second-order valence-corrected chi connectivity index (χ2v) is 6.96. The molecule has 3 nitrogen and oxygen atoms in total. The third-order valence-corrected chi connectivity index (χ3v) is 4.41. The van der Waals surface area contributed by atoms with Gasteiger partial charge in [0.25, 0.3) is 0 Å². The Morgan fingerprint density at radius 2 is 2.00 bits per heavy atom. The average molecular weight is 275 g/mol. The highest BCUT2D eigenvalue weighted by Gasteiger charge is 2.35. The zero-order valence-corrected chi connectivity index (χ0v) is 13.5. The van der Waals surface area contributed by atoms with E-state index >= 15 is 0 Å². The molecule has 2 unspecified atom stereocenters. The lowest BCUT2D eigenvalue weighted by Crippen LogP contribution is -2.51. The van der Waals surface area contributed by atoms with Gasteiger partial charge in [-0.15, -0.1) is 0 Å². The highest BCUT2D eigenvalue weighted by Crippen LogP contribution is 2.24. The summed E-state index contributed by atoms with van der Waals surface area (Å²) >= 11 is 1.92. The number of carbonyl (C=O) groups is 1. The van der Waals surface area contributed by atoms with Crippen molar-refractivity contribution in [1.29, 1.82) is 0 Å². The van der Waals surface area contributed by atoms with Crippen molar-refractivity contribution in [2.75, 3.05) is 19.4 Å². The Kier molecular flexibility index (Phi) is 8.70. The molecule has 0 aliphatic carbocycles. The topological polar surface area (TPSA) is 38.3 Å². The fraction of sp³-hybridized carbons (Fsp3) is 0.929. The predicted octanol–water partition coefficient (Wildman–Crippen LogP) is 3.09. The number of hydrogen-bond donors (Lipinski definition) is 1. The highest BCUT2D eigenvalue weighted by atomic mass is 32.2. The first-order chi connectivity index (χ1) is 8.35. The molecule has 18 heavy (non-hydrogen) atoms. The molecule has 4 heteroatoms. The molecular formula is C14H29NO2S. The quantitative estimate of drug-likeness (QED) is 0.656. The Balaban J connectivity index is 4.43. The van der Waals surface area contributed by atoms with Gasteiger partial charge in [0.05, 0.1) is 7.11 Å². The number of nitrogens with one attached hydrogen (secondary N) is 1. The molecular weight excluding hydrogens is 246 g/mol. The first kappa shape index (κ1) is 17.8. The Labute approximate surface area is 116 Å². The van der Waals surface area contributed by atoms with Gasteiger partial charge >= 0.3 is 5.97 Å². The van der Waals surface area contributed by atoms with Crippen LogP contribution in [0.5, 0.6) is 0 Å². The summed E-state index contributed by atoms with van der Waals surface area (Å²) in [5.74, 6) is 1.66. The summed E-state index contributed by atoms with van der Waals surface area (Å²) in [5.41, 5.74) is -0.561. The van der Waals surface area contributed by atoms with Crippen molar-refractivity contribution in [3.8, 4) is 0 Å². The molecule has 108 valence electrons. The molecule has 0 saturated carbocycles. The van der Waals surface area contributed by atoms with E-state index in [1.807, 2.05) is 18.7 Å². The van der Waals surface area contributed by atoms with Gasteiger partial charge in [-0.1, -0.05) is 27.7 Å². The predicted molar refractivity (Wildman–Crippen MR) is 80.1 cm³/mol. The van der Waals surface area contributed by atoms with Crippen LogP contribution in [-0.2, 0) is 9.53 Å². The van der Waals surface area contributed by atoms with E-state index in [2.05, 4.69) is 33.0 Å². The van der Waals surface area contributed by atoms with Crippen molar-refractivity contribution in [3.05, 3.63) is 0 Å². The van der Waals surface area contributed by atoms with Crippen molar-refractivity contribution in [2.24, 2.45) is 5.92 Å². The van der Waals surface area contributed by atoms with E-state index in [1.165, 1.54) is 7.11 Å². The molecule has 0 radical (unpaired) electrons. The van der Waals surface area contributed by atoms with Crippen molar-refractivity contribution < 1.29 is 9.53 Å². The van der Waals surface area contributed by atoms with Gasteiger partial charge in [-0.05, 0) is 38.0 Å². The standard InChI is InChI=1S/C14H29NO2S/c1-7-8-15-14(5,13(16)17-6)9-12(4)18-10-11(2)3/h11-12,15H,7-10H2,1-6H3. The number of thioether (sulfide) groups is 1. The maximum Gasteiger partial charge on any atom is 0.325 e. The summed E-state index contributed by atoms with van der Waals surface area (Å²) in [5, 5.41) is 3.77. The molecule has 0 aromatic rings. The molecule has 0 spiro atoms. The fourth-order valence-electron chi connectivity index (χ4n) is 1.84. The van der Waals surface area contributed by atoms with Crippen LogP contribution >= 0.6 is 11.8 Å². The monoisotopic (exact) mass is 275 g/mol. The van der Waals surface area contributed by atoms with Crippen molar-refractivity contribution >= 4 is 17.7 Å². The Morgan fingerprint density at radius 1 is 1.39 bits per heavy atom. The molecule has 0 fully saturated rings. The summed E-state index contributed by atoms with van der Waals surface area (Å²) in [6.45, 7) is 11.5. The second kappa shape index (κ2) is 8.81. The van der Waals surface area contributed by atoms with Crippen molar-refractivity contribution in [3.63, 3.8) is 0 Å². The fourth-order valence-corrected chi connectivity index (χ4v) is 3.01.